The van der Waals surface area contributed by atoms with Gasteiger partial charge < -0.3 is 0 Å². The van der Waals surface area contributed by atoms with Crippen LogP contribution in [0.1, 0.15) is 10.4 Å². The second-order valence-corrected chi connectivity index (χ2v) is 4.59. The largest absolute Gasteiger partial charge is 0.298 e. The highest BCUT2D eigenvalue weighted by Crippen LogP contribution is 2.13. The third-order valence-electron chi connectivity index (χ3n) is 1.52. The summed E-state index contributed by atoms with van der Waals surface area (Å²) in [4.78, 5) is 10.2. The minimum Gasteiger partial charge on any atom is -0.298 e. The molecule has 0 saturated heterocycles. The Morgan fingerprint density at radius 3 is 2.46 bits per heavy atom. The molecule has 0 bridgehead atoms. The molecule has 5 heteroatoms. The zero-order chi connectivity index (χ0) is 10.1. The topological polar surface area (TPSA) is 51.2 Å². The molecule has 3 nitrogen and oxygen atoms in total. The molecule has 0 aliphatic rings. The Labute approximate surface area is 75.1 Å². The van der Waals surface area contributed by atoms with Crippen LogP contribution in [-0.2, 0) is 9.84 Å². The standard InChI is InChI=1S/C8H7FO3S/c1-13(11,12)7-2-3-8(9)6(4-7)5-10/h2-5H,1H3. The Kier molecular flexibility index (Phi) is 2.47. The molecule has 0 amide bonds. The molecule has 0 aromatic heterocycles. The lowest BCUT2D eigenvalue weighted by atomic mass is 10.2. The van der Waals surface area contributed by atoms with Crippen molar-refractivity contribution in [3.05, 3.63) is 29.6 Å². The van der Waals surface area contributed by atoms with Gasteiger partial charge in [0.25, 0.3) is 0 Å². The van der Waals surface area contributed by atoms with Crippen LogP contribution in [0.3, 0.4) is 0 Å². The predicted molar refractivity (Wildman–Crippen MR) is 44.9 cm³/mol. The molecule has 0 spiro atoms. The van der Waals surface area contributed by atoms with E-state index in [9.17, 15) is 17.6 Å². The molecule has 0 fully saturated rings. The molecule has 70 valence electrons. The fourth-order valence-corrected chi connectivity index (χ4v) is 1.50. The minimum absolute atomic E-state index is 0.0593. The summed E-state index contributed by atoms with van der Waals surface area (Å²) in [5, 5.41) is 0. The van der Waals surface area contributed by atoms with E-state index in [1.54, 1.807) is 0 Å². The summed E-state index contributed by atoms with van der Waals surface area (Å²) in [5.41, 5.74) is -0.247. The van der Waals surface area contributed by atoms with Crippen LogP contribution in [0.25, 0.3) is 0 Å². The Balaban J connectivity index is 3.38. The zero-order valence-electron chi connectivity index (χ0n) is 6.82. The molecule has 0 atom stereocenters. The molecule has 0 radical (unpaired) electrons. The van der Waals surface area contributed by atoms with Crippen molar-refractivity contribution in [1.82, 2.24) is 0 Å². The number of hydrogen-bond acceptors (Lipinski definition) is 3. The van der Waals surface area contributed by atoms with Crippen molar-refractivity contribution in [2.75, 3.05) is 6.26 Å². The number of benzene rings is 1. The van der Waals surface area contributed by atoms with Crippen LogP contribution in [0.2, 0.25) is 0 Å². The van der Waals surface area contributed by atoms with E-state index in [4.69, 9.17) is 0 Å². The van der Waals surface area contributed by atoms with E-state index in [-0.39, 0.29) is 16.7 Å². The zero-order valence-corrected chi connectivity index (χ0v) is 7.64. The Morgan fingerprint density at radius 2 is 2.00 bits per heavy atom. The van der Waals surface area contributed by atoms with E-state index in [2.05, 4.69) is 0 Å². The molecular formula is C8H7FO3S. The summed E-state index contributed by atoms with van der Waals surface area (Å²) in [6.45, 7) is 0. The van der Waals surface area contributed by atoms with Gasteiger partial charge in [0.05, 0.1) is 10.5 Å². The highest BCUT2D eigenvalue weighted by molar-refractivity contribution is 7.90. The van der Waals surface area contributed by atoms with Gasteiger partial charge in [-0.3, -0.25) is 4.79 Å². The number of carbonyl (C=O) groups excluding carboxylic acids is 1. The number of hydrogen-bond donors (Lipinski definition) is 0. The fourth-order valence-electron chi connectivity index (χ4n) is 0.843. The first-order valence-electron chi connectivity index (χ1n) is 3.40. The Morgan fingerprint density at radius 1 is 1.38 bits per heavy atom. The SMILES string of the molecule is CS(=O)(=O)c1ccc(F)c(C=O)c1. The van der Waals surface area contributed by atoms with Gasteiger partial charge in [-0.25, -0.2) is 12.8 Å². The van der Waals surface area contributed by atoms with Gasteiger partial charge in [-0.05, 0) is 18.2 Å². The van der Waals surface area contributed by atoms with Gasteiger partial charge in [0.15, 0.2) is 16.1 Å². The lowest BCUT2D eigenvalue weighted by Crippen LogP contribution is -1.99. The second kappa shape index (κ2) is 3.26. The molecule has 1 aromatic rings. The smallest absolute Gasteiger partial charge is 0.175 e. The van der Waals surface area contributed by atoms with E-state index < -0.39 is 15.7 Å². The van der Waals surface area contributed by atoms with Gasteiger partial charge >= 0.3 is 0 Å². The number of sulfone groups is 1. The molecule has 0 saturated carbocycles. The molecule has 0 heterocycles. The van der Waals surface area contributed by atoms with Gasteiger partial charge in [-0.2, -0.15) is 0 Å². The van der Waals surface area contributed by atoms with Crippen LogP contribution < -0.4 is 0 Å². The third-order valence-corrected chi connectivity index (χ3v) is 2.63. The van der Waals surface area contributed by atoms with Crippen molar-refractivity contribution in [1.29, 1.82) is 0 Å². The number of rotatable bonds is 2. The summed E-state index contributed by atoms with van der Waals surface area (Å²) in [6, 6.07) is 3.09. The summed E-state index contributed by atoms with van der Waals surface area (Å²) in [7, 11) is -3.38. The van der Waals surface area contributed by atoms with Crippen LogP contribution in [0.5, 0.6) is 0 Å². The lowest BCUT2D eigenvalue weighted by molar-refractivity contribution is 0.111. The van der Waals surface area contributed by atoms with Crippen LogP contribution in [-0.4, -0.2) is 21.0 Å². The fraction of sp³-hybridized carbons (Fsp3) is 0.125. The summed E-state index contributed by atoms with van der Waals surface area (Å²) in [6.07, 6.45) is 1.28. The van der Waals surface area contributed by atoms with Crippen molar-refractivity contribution < 1.29 is 17.6 Å². The van der Waals surface area contributed by atoms with E-state index in [1.807, 2.05) is 0 Å². The van der Waals surface area contributed by atoms with E-state index in [1.165, 1.54) is 0 Å². The number of halogens is 1. The van der Waals surface area contributed by atoms with Crippen LogP contribution in [0.4, 0.5) is 4.39 Å². The monoisotopic (exact) mass is 202 g/mol. The average Bonchev–Trinajstić information content (AvgIpc) is 2.03. The normalized spacial score (nSPS) is 11.2. The number of carbonyl (C=O) groups is 1. The molecule has 0 unspecified atom stereocenters. The quantitative estimate of drug-likeness (QED) is 0.532. The molecule has 0 N–H and O–H groups in total. The number of aldehydes is 1. The van der Waals surface area contributed by atoms with E-state index >= 15 is 0 Å². The van der Waals surface area contributed by atoms with Gasteiger partial charge in [0.1, 0.15) is 5.82 Å². The molecule has 0 aliphatic heterocycles. The van der Waals surface area contributed by atoms with Gasteiger partial charge in [-0.1, -0.05) is 0 Å². The maximum Gasteiger partial charge on any atom is 0.175 e. The third kappa shape index (κ3) is 2.12. The Hall–Kier alpha value is -1.23. The summed E-state index contributed by atoms with van der Waals surface area (Å²) >= 11 is 0. The van der Waals surface area contributed by atoms with Crippen molar-refractivity contribution in [3.63, 3.8) is 0 Å². The van der Waals surface area contributed by atoms with Crippen molar-refractivity contribution >= 4 is 16.1 Å². The second-order valence-electron chi connectivity index (χ2n) is 2.57. The minimum atomic E-state index is -3.38. The molecule has 13 heavy (non-hydrogen) atoms. The highest BCUT2D eigenvalue weighted by atomic mass is 32.2. The predicted octanol–water partition coefficient (Wildman–Crippen LogP) is 1.04. The molecule has 0 aliphatic carbocycles. The molecule has 1 rings (SSSR count). The summed E-state index contributed by atoms with van der Waals surface area (Å²) in [5.74, 6) is -0.720. The van der Waals surface area contributed by atoms with Gasteiger partial charge in [0, 0.05) is 6.26 Å². The van der Waals surface area contributed by atoms with Crippen LogP contribution in [0, 0.1) is 5.82 Å². The lowest BCUT2D eigenvalue weighted by Gasteiger charge is -1.99. The van der Waals surface area contributed by atoms with Gasteiger partial charge in [-0.15, -0.1) is 0 Å². The van der Waals surface area contributed by atoms with Crippen molar-refractivity contribution in [2.45, 2.75) is 4.90 Å². The summed E-state index contributed by atoms with van der Waals surface area (Å²) < 4.78 is 34.7. The molecular weight excluding hydrogens is 195 g/mol. The first-order valence-corrected chi connectivity index (χ1v) is 5.29. The van der Waals surface area contributed by atoms with Crippen molar-refractivity contribution in [2.24, 2.45) is 0 Å². The van der Waals surface area contributed by atoms with Crippen LogP contribution in [0.15, 0.2) is 23.1 Å². The highest BCUT2D eigenvalue weighted by Gasteiger charge is 2.09. The molecule has 1 aromatic carbocycles. The maximum atomic E-state index is 12.7. The van der Waals surface area contributed by atoms with Gasteiger partial charge in [0.2, 0.25) is 0 Å². The average molecular weight is 202 g/mol. The maximum absolute atomic E-state index is 12.7. The Bertz CT molecular complexity index is 437. The first kappa shape index (κ1) is 9.85. The van der Waals surface area contributed by atoms with E-state index in [0.29, 0.717) is 0 Å². The van der Waals surface area contributed by atoms with Crippen molar-refractivity contribution in [3.8, 4) is 0 Å². The van der Waals surface area contributed by atoms with Crippen LogP contribution >= 0.6 is 0 Å². The van der Waals surface area contributed by atoms with E-state index in [0.717, 1.165) is 24.5 Å². The first-order chi connectivity index (χ1) is 5.95.